The molecule has 1 aromatic heterocycles. The van der Waals surface area contributed by atoms with Crippen LogP contribution in [-0.4, -0.2) is 11.6 Å². The average molecular weight is 240 g/mol. The van der Waals surface area contributed by atoms with Crippen LogP contribution in [0.15, 0.2) is 42.6 Å². The van der Waals surface area contributed by atoms with Crippen molar-refractivity contribution >= 4 is 0 Å². The first-order valence-corrected chi connectivity index (χ1v) is 6.14. The third-order valence-corrected chi connectivity index (χ3v) is 3.51. The van der Waals surface area contributed by atoms with Crippen LogP contribution in [0.4, 0.5) is 0 Å². The lowest BCUT2D eigenvalue weighted by atomic mass is 9.82. The van der Waals surface area contributed by atoms with Gasteiger partial charge >= 0.3 is 0 Å². The van der Waals surface area contributed by atoms with Crippen LogP contribution in [0, 0.1) is 6.92 Å². The number of ether oxygens (including phenoxy) is 1. The van der Waals surface area contributed by atoms with E-state index >= 15 is 0 Å². The van der Waals surface area contributed by atoms with E-state index in [1.165, 1.54) is 5.56 Å². The summed E-state index contributed by atoms with van der Waals surface area (Å²) in [5.74, 6) is 0.798. The van der Waals surface area contributed by atoms with Gasteiger partial charge in [0.1, 0.15) is 11.4 Å². The first-order chi connectivity index (χ1) is 8.70. The molecule has 1 aliphatic heterocycles. The van der Waals surface area contributed by atoms with Crippen molar-refractivity contribution < 1.29 is 4.74 Å². The maximum atomic E-state index is 6.60. The second kappa shape index (κ2) is 4.10. The van der Waals surface area contributed by atoms with Crippen LogP contribution in [0.25, 0.3) is 0 Å². The van der Waals surface area contributed by atoms with Crippen molar-refractivity contribution in [2.75, 3.05) is 6.61 Å². The molecule has 18 heavy (non-hydrogen) atoms. The summed E-state index contributed by atoms with van der Waals surface area (Å²) in [4.78, 5) is 4.42. The van der Waals surface area contributed by atoms with E-state index in [1.807, 2.05) is 12.1 Å². The molecule has 1 aliphatic rings. The maximum Gasteiger partial charge on any atom is 0.143 e. The molecular formula is C15H16N2O. The number of hydrogen-bond acceptors (Lipinski definition) is 3. The Morgan fingerprint density at radius 1 is 1.22 bits per heavy atom. The predicted octanol–water partition coefficient (Wildman–Crippen LogP) is 2.37. The fraction of sp³-hybridized carbons (Fsp3) is 0.267. The van der Waals surface area contributed by atoms with Gasteiger partial charge in [-0.3, -0.25) is 4.98 Å². The standard InChI is InChI=1S/C15H16N2O/c1-11-4-6-12(7-5-11)15(16)8-10-18-13-3-2-9-17-14(13)15/h2-7,9H,8,10,16H2,1H3/t15-/m0/s1. The van der Waals surface area contributed by atoms with Crippen molar-refractivity contribution in [3.8, 4) is 5.75 Å². The second-order valence-electron chi connectivity index (χ2n) is 4.79. The lowest BCUT2D eigenvalue weighted by Gasteiger charge is -2.34. The van der Waals surface area contributed by atoms with Gasteiger partial charge in [-0.2, -0.15) is 0 Å². The average Bonchev–Trinajstić information content (AvgIpc) is 2.40. The normalized spacial score (nSPS) is 22.1. The summed E-state index contributed by atoms with van der Waals surface area (Å²) in [6, 6.07) is 12.1. The zero-order chi connectivity index (χ0) is 12.6. The molecule has 1 atom stereocenters. The van der Waals surface area contributed by atoms with E-state index in [2.05, 4.69) is 36.2 Å². The maximum absolute atomic E-state index is 6.60. The Bertz CT molecular complexity index is 565. The van der Waals surface area contributed by atoms with E-state index in [9.17, 15) is 0 Å². The van der Waals surface area contributed by atoms with Crippen LogP contribution in [-0.2, 0) is 5.54 Å². The van der Waals surface area contributed by atoms with Crippen LogP contribution in [0.5, 0.6) is 5.75 Å². The molecule has 3 heteroatoms. The topological polar surface area (TPSA) is 48.1 Å². The lowest BCUT2D eigenvalue weighted by Crippen LogP contribution is -2.43. The van der Waals surface area contributed by atoms with Gasteiger partial charge in [-0.1, -0.05) is 29.8 Å². The van der Waals surface area contributed by atoms with Crippen molar-refractivity contribution in [1.82, 2.24) is 4.98 Å². The Balaban J connectivity index is 2.13. The minimum Gasteiger partial charge on any atom is -0.491 e. The highest BCUT2D eigenvalue weighted by atomic mass is 16.5. The SMILES string of the molecule is Cc1ccc([C@@]2(N)CCOc3cccnc32)cc1. The molecule has 0 spiro atoms. The van der Waals surface area contributed by atoms with Gasteiger partial charge in [-0.05, 0) is 24.6 Å². The predicted molar refractivity (Wildman–Crippen MR) is 70.5 cm³/mol. The molecule has 0 unspecified atom stereocenters. The Kier molecular flexibility index (Phi) is 2.56. The van der Waals surface area contributed by atoms with Crippen molar-refractivity contribution in [3.05, 3.63) is 59.4 Å². The Morgan fingerprint density at radius 3 is 2.78 bits per heavy atom. The number of benzene rings is 1. The van der Waals surface area contributed by atoms with Crippen LogP contribution >= 0.6 is 0 Å². The van der Waals surface area contributed by atoms with Crippen LogP contribution in [0.3, 0.4) is 0 Å². The number of nitrogens with zero attached hydrogens (tertiary/aromatic N) is 1. The van der Waals surface area contributed by atoms with Gasteiger partial charge in [0.15, 0.2) is 0 Å². The summed E-state index contributed by atoms with van der Waals surface area (Å²) in [7, 11) is 0. The molecule has 0 bridgehead atoms. The van der Waals surface area contributed by atoms with Gasteiger partial charge in [-0.25, -0.2) is 0 Å². The second-order valence-corrected chi connectivity index (χ2v) is 4.79. The summed E-state index contributed by atoms with van der Waals surface area (Å²) < 4.78 is 5.62. The van der Waals surface area contributed by atoms with E-state index in [0.717, 1.165) is 23.4 Å². The Hall–Kier alpha value is -1.87. The zero-order valence-electron chi connectivity index (χ0n) is 10.4. The molecule has 0 saturated carbocycles. The summed E-state index contributed by atoms with van der Waals surface area (Å²) in [6.07, 6.45) is 2.52. The van der Waals surface area contributed by atoms with E-state index in [0.29, 0.717) is 6.61 Å². The third kappa shape index (κ3) is 1.68. The molecule has 3 nitrogen and oxygen atoms in total. The summed E-state index contributed by atoms with van der Waals surface area (Å²) in [5, 5.41) is 0. The summed E-state index contributed by atoms with van der Waals surface area (Å²) in [5.41, 5.74) is 9.22. The van der Waals surface area contributed by atoms with Gasteiger partial charge in [0, 0.05) is 12.6 Å². The molecule has 3 rings (SSSR count). The lowest BCUT2D eigenvalue weighted by molar-refractivity contribution is 0.232. The van der Waals surface area contributed by atoms with Gasteiger partial charge in [0.05, 0.1) is 12.1 Å². The third-order valence-electron chi connectivity index (χ3n) is 3.51. The van der Waals surface area contributed by atoms with Crippen molar-refractivity contribution in [3.63, 3.8) is 0 Å². The molecule has 0 radical (unpaired) electrons. The van der Waals surface area contributed by atoms with E-state index in [1.54, 1.807) is 6.20 Å². The zero-order valence-corrected chi connectivity index (χ0v) is 10.4. The fourth-order valence-electron chi connectivity index (χ4n) is 2.41. The van der Waals surface area contributed by atoms with Gasteiger partial charge in [0.25, 0.3) is 0 Å². The van der Waals surface area contributed by atoms with Gasteiger partial charge in [0.2, 0.25) is 0 Å². The summed E-state index contributed by atoms with van der Waals surface area (Å²) >= 11 is 0. The fourth-order valence-corrected chi connectivity index (χ4v) is 2.41. The van der Waals surface area contributed by atoms with Gasteiger partial charge < -0.3 is 10.5 Å². The first kappa shape index (κ1) is 11.2. The van der Waals surface area contributed by atoms with Crippen LogP contribution < -0.4 is 10.5 Å². The molecule has 1 aromatic carbocycles. The number of hydrogen-bond donors (Lipinski definition) is 1. The molecular weight excluding hydrogens is 224 g/mol. The van der Waals surface area contributed by atoms with Crippen LogP contribution in [0.1, 0.15) is 23.2 Å². The number of nitrogens with two attached hydrogens (primary N) is 1. The van der Waals surface area contributed by atoms with Crippen molar-refractivity contribution in [2.45, 2.75) is 18.9 Å². The van der Waals surface area contributed by atoms with E-state index in [-0.39, 0.29) is 0 Å². The number of fused-ring (bicyclic) bond motifs is 1. The Morgan fingerprint density at radius 2 is 2.00 bits per heavy atom. The molecule has 2 heterocycles. The highest BCUT2D eigenvalue weighted by molar-refractivity contribution is 5.43. The number of aromatic nitrogens is 1. The molecule has 2 aromatic rings. The minimum atomic E-state index is -0.539. The first-order valence-electron chi connectivity index (χ1n) is 6.14. The molecule has 0 saturated heterocycles. The smallest absolute Gasteiger partial charge is 0.143 e. The number of pyridine rings is 1. The molecule has 2 N–H and O–H groups in total. The van der Waals surface area contributed by atoms with Gasteiger partial charge in [-0.15, -0.1) is 0 Å². The molecule has 92 valence electrons. The number of aryl methyl sites for hydroxylation is 1. The Labute approximate surface area is 107 Å². The monoisotopic (exact) mass is 240 g/mol. The minimum absolute atomic E-state index is 0.539. The van der Waals surface area contributed by atoms with Crippen molar-refractivity contribution in [2.24, 2.45) is 5.73 Å². The highest BCUT2D eigenvalue weighted by Gasteiger charge is 2.36. The molecule has 0 amide bonds. The quantitative estimate of drug-likeness (QED) is 0.832. The van der Waals surface area contributed by atoms with E-state index in [4.69, 9.17) is 10.5 Å². The number of rotatable bonds is 1. The van der Waals surface area contributed by atoms with E-state index < -0.39 is 5.54 Å². The summed E-state index contributed by atoms with van der Waals surface area (Å²) in [6.45, 7) is 2.70. The largest absolute Gasteiger partial charge is 0.491 e. The van der Waals surface area contributed by atoms with Crippen molar-refractivity contribution in [1.29, 1.82) is 0 Å². The van der Waals surface area contributed by atoms with Crippen LogP contribution in [0.2, 0.25) is 0 Å². The highest BCUT2D eigenvalue weighted by Crippen LogP contribution is 2.38. The molecule has 0 fully saturated rings. The molecule has 0 aliphatic carbocycles.